The van der Waals surface area contributed by atoms with Crippen molar-refractivity contribution in [2.75, 3.05) is 20.3 Å². The van der Waals surface area contributed by atoms with Crippen molar-refractivity contribution < 1.29 is 33.3 Å². The molecule has 0 heterocycles. The number of ether oxygens (including phenoxy) is 4. The van der Waals surface area contributed by atoms with Crippen LogP contribution in [0.4, 0.5) is 9.59 Å². The van der Waals surface area contributed by atoms with Gasteiger partial charge in [0, 0.05) is 12.5 Å². The first-order valence-corrected chi connectivity index (χ1v) is 14.0. The number of rotatable bonds is 11. The Bertz CT molecular complexity index is 1340. The Labute approximate surface area is 246 Å². The van der Waals surface area contributed by atoms with Crippen LogP contribution in [0, 0.1) is 0 Å². The van der Waals surface area contributed by atoms with Crippen molar-refractivity contribution >= 4 is 18.2 Å². The maximum absolute atomic E-state index is 13.0. The quantitative estimate of drug-likeness (QED) is 0.165. The molecular weight excluding hydrogens is 536 g/mol. The Hall–Kier alpha value is -4.53. The molecule has 1 aliphatic rings. The minimum Gasteiger partial charge on any atom is -0.497 e. The molecule has 2 amide bonds. The Morgan fingerprint density at radius 1 is 0.833 bits per heavy atom. The van der Waals surface area contributed by atoms with Gasteiger partial charge in [-0.2, -0.15) is 0 Å². The molecule has 1 atom stereocenters. The second kappa shape index (κ2) is 13.9. The molecule has 42 heavy (non-hydrogen) atoms. The van der Waals surface area contributed by atoms with Gasteiger partial charge in [-0.15, -0.1) is 0 Å². The molecule has 1 aliphatic carbocycles. The van der Waals surface area contributed by atoms with Crippen LogP contribution >= 0.6 is 0 Å². The summed E-state index contributed by atoms with van der Waals surface area (Å²) in [6.07, 6.45) is -0.652. The molecule has 0 saturated carbocycles. The molecule has 9 nitrogen and oxygen atoms in total. The molecule has 4 rings (SSSR count). The van der Waals surface area contributed by atoms with Crippen LogP contribution in [0.15, 0.2) is 72.8 Å². The number of fused-ring (bicyclic) bond motifs is 3. The minimum absolute atomic E-state index is 0.0296. The van der Waals surface area contributed by atoms with Crippen LogP contribution < -0.4 is 15.4 Å². The second-order valence-electron chi connectivity index (χ2n) is 11.0. The third-order valence-electron chi connectivity index (χ3n) is 6.80. The summed E-state index contributed by atoms with van der Waals surface area (Å²) in [4.78, 5) is 38.0. The molecule has 0 spiro atoms. The number of benzene rings is 3. The SMILES string of the molecule is COc1ccc(COC(=O)[C@H](CCCNC(=O)OC(C)(C)C)NC(=O)OCC2c3ccccc3-c3ccccc32)cc1. The van der Waals surface area contributed by atoms with E-state index in [-0.39, 0.29) is 32.1 Å². The summed E-state index contributed by atoms with van der Waals surface area (Å²) in [5.74, 6) is -0.0180. The minimum atomic E-state index is -0.973. The molecule has 9 heteroatoms. The number of carbonyl (C=O) groups is 3. The van der Waals surface area contributed by atoms with Gasteiger partial charge in [0.1, 0.15) is 30.6 Å². The second-order valence-corrected chi connectivity index (χ2v) is 11.0. The molecule has 2 N–H and O–H groups in total. The lowest BCUT2D eigenvalue weighted by Gasteiger charge is -2.21. The Morgan fingerprint density at radius 2 is 1.45 bits per heavy atom. The van der Waals surface area contributed by atoms with Crippen molar-refractivity contribution in [3.8, 4) is 16.9 Å². The summed E-state index contributed by atoms with van der Waals surface area (Å²) in [6.45, 7) is 5.73. The van der Waals surface area contributed by atoms with Gasteiger partial charge in [-0.3, -0.25) is 0 Å². The van der Waals surface area contributed by atoms with Crippen LogP contribution in [0.3, 0.4) is 0 Å². The Kier molecular flexibility index (Phi) is 10.1. The number of amides is 2. The lowest BCUT2D eigenvalue weighted by molar-refractivity contribution is -0.147. The highest BCUT2D eigenvalue weighted by Crippen LogP contribution is 2.44. The molecule has 0 aliphatic heterocycles. The fourth-order valence-electron chi connectivity index (χ4n) is 4.82. The normalized spacial score (nSPS) is 12.9. The van der Waals surface area contributed by atoms with Crippen LogP contribution in [0.1, 0.15) is 56.2 Å². The van der Waals surface area contributed by atoms with E-state index in [0.29, 0.717) is 12.2 Å². The summed E-state index contributed by atoms with van der Waals surface area (Å²) in [6, 6.07) is 22.3. The van der Waals surface area contributed by atoms with Crippen molar-refractivity contribution in [3.05, 3.63) is 89.5 Å². The number of hydrogen-bond acceptors (Lipinski definition) is 7. The molecule has 3 aromatic rings. The van der Waals surface area contributed by atoms with Crippen LogP contribution in [-0.2, 0) is 25.6 Å². The highest BCUT2D eigenvalue weighted by Gasteiger charge is 2.30. The maximum Gasteiger partial charge on any atom is 0.407 e. The van der Waals surface area contributed by atoms with E-state index in [1.807, 2.05) is 36.4 Å². The zero-order valence-corrected chi connectivity index (χ0v) is 24.5. The van der Waals surface area contributed by atoms with Gasteiger partial charge in [-0.1, -0.05) is 60.7 Å². The van der Waals surface area contributed by atoms with E-state index in [0.717, 1.165) is 27.8 Å². The molecule has 3 aromatic carbocycles. The zero-order chi connectivity index (χ0) is 30.1. The standard InChI is InChI=1S/C33H38N2O7/c1-33(2,3)42-31(37)34-19-9-14-29(30(36)40-20-22-15-17-23(39-4)18-16-22)35-32(38)41-21-28-26-12-7-5-10-24(26)25-11-6-8-13-27(25)28/h5-8,10-13,15-18,28-29H,9,14,19-21H2,1-4H3,(H,34,37)(H,35,38)/t29-/m0/s1. The third kappa shape index (κ3) is 8.25. The maximum atomic E-state index is 13.0. The molecule has 0 bridgehead atoms. The fraction of sp³-hybridized carbons (Fsp3) is 0.364. The first-order chi connectivity index (χ1) is 20.1. The summed E-state index contributed by atoms with van der Waals surface area (Å²) >= 11 is 0. The number of hydrogen-bond donors (Lipinski definition) is 2. The molecule has 0 fully saturated rings. The van der Waals surface area contributed by atoms with E-state index in [2.05, 4.69) is 22.8 Å². The van der Waals surface area contributed by atoms with Gasteiger partial charge in [0.15, 0.2) is 0 Å². The van der Waals surface area contributed by atoms with Gasteiger partial charge in [0.05, 0.1) is 7.11 Å². The van der Waals surface area contributed by atoms with E-state index in [1.54, 1.807) is 52.1 Å². The fourth-order valence-corrected chi connectivity index (χ4v) is 4.82. The van der Waals surface area contributed by atoms with Crippen molar-refractivity contribution in [1.82, 2.24) is 10.6 Å². The van der Waals surface area contributed by atoms with Gasteiger partial charge in [0.25, 0.3) is 0 Å². The van der Waals surface area contributed by atoms with Gasteiger partial charge in [0.2, 0.25) is 0 Å². The van der Waals surface area contributed by atoms with Crippen LogP contribution in [-0.4, -0.2) is 50.1 Å². The topological polar surface area (TPSA) is 112 Å². The average molecular weight is 575 g/mol. The predicted molar refractivity (Wildman–Crippen MR) is 158 cm³/mol. The number of methoxy groups -OCH3 is 1. The lowest BCUT2D eigenvalue weighted by atomic mass is 9.98. The first-order valence-electron chi connectivity index (χ1n) is 14.0. The summed E-state index contributed by atoms with van der Waals surface area (Å²) in [7, 11) is 1.58. The van der Waals surface area contributed by atoms with Crippen molar-refractivity contribution in [3.63, 3.8) is 0 Å². The summed E-state index contributed by atoms with van der Waals surface area (Å²) in [5, 5.41) is 5.34. The van der Waals surface area contributed by atoms with Gasteiger partial charge >= 0.3 is 18.2 Å². The van der Waals surface area contributed by atoms with E-state index < -0.39 is 29.8 Å². The smallest absolute Gasteiger partial charge is 0.407 e. The highest BCUT2D eigenvalue weighted by atomic mass is 16.6. The molecule has 222 valence electrons. The van der Waals surface area contributed by atoms with Crippen LogP contribution in [0.2, 0.25) is 0 Å². The number of esters is 1. The van der Waals surface area contributed by atoms with E-state index in [1.165, 1.54) is 0 Å². The molecule has 0 saturated heterocycles. The number of nitrogens with one attached hydrogen (secondary N) is 2. The van der Waals surface area contributed by atoms with Gasteiger partial charge in [-0.25, -0.2) is 14.4 Å². The Balaban J connectivity index is 1.36. The van der Waals surface area contributed by atoms with E-state index in [9.17, 15) is 14.4 Å². The van der Waals surface area contributed by atoms with Gasteiger partial charge < -0.3 is 29.6 Å². The predicted octanol–water partition coefficient (Wildman–Crippen LogP) is 5.95. The monoisotopic (exact) mass is 574 g/mol. The molecular formula is C33H38N2O7. The first kappa shape index (κ1) is 30.4. The van der Waals surface area contributed by atoms with Crippen LogP contribution in [0.25, 0.3) is 11.1 Å². The third-order valence-corrected chi connectivity index (χ3v) is 6.80. The zero-order valence-electron chi connectivity index (χ0n) is 24.5. The summed E-state index contributed by atoms with van der Waals surface area (Å²) < 4.78 is 21.6. The molecule has 0 aromatic heterocycles. The van der Waals surface area contributed by atoms with Crippen molar-refractivity contribution in [2.45, 2.75) is 57.8 Å². The highest BCUT2D eigenvalue weighted by molar-refractivity contribution is 5.82. The van der Waals surface area contributed by atoms with E-state index in [4.69, 9.17) is 18.9 Å². The van der Waals surface area contributed by atoms with Crippen molar-refractivity contribution in [2.24, 2.45) is 0 Å². The number of alkyl carbamates (subject to hydrolysis) is 2. The molecule has 0 radical (unpaired) electrons. The van der Waals surface area contributed by atoms with Crippen LogP contribution in [0.5, 0.6) is 5.75 Å². The van der Waals surface area contributed by atoms with E-state index >= 15 is 0 Å². The lowest BCUT2D eigenvalue weighted by Crippen LogP contribution is -2.43. The number of carbonyl (C=O) groups excluding carboxylic acids is 3. The average Bonchev–Trinajstić information content (AvgIpc) is 3.29. The molecule has 0 unspecified atom stereocenters. The van der Waals surface area contributed by atoms with Crippen molar-refractivity contribution in [1.29, 1.82) is 0 Å². The van der Waals surface area contributed by atoms with Gasteiger partial charge in [-0.05, 0) is 73.6 Å². The largest absolute Gasteiger partial charge is 0.497 e. The Morgan fingerprint density at radius 3 is 2.05 bits per heavy atom. The summed E-state index contributed by atoms with van der Waals surface area (Å²) in [5.41, 5.74) is 4.59.